The third-order valence-electron chi connectivity index (χ3n) is 3.13. The molecule has 0 bridgehead atoms. The molecule has 0 aliphatic heterocycles. The maximum absolute atomic E-state index is 12.1. The lowest BCUT2D eigenvalue weighted by Gasteiger charge is -2.03. The molecule has 2 aromatic heterocycles. The number of H-pyrrole nitrogens is 1. The second kappa shape index (κ2) is 5.21. The highest BCUT2D eigenvalue weighted by atomic mass is 79.9. The Balaban J connectivity index is 2.24. The Morgan fingerprint density at radius 3 is 2.86 bits per heavy atom. The van der Waals surface area contributed by atoms with Gasteiger partial charge in [0.1, 0.15) is 0 Å². The Hall–Kier alpha value is -2.34. The molecule has 0 aliphatic carbocycles. The van der Waals surface area contributed by atoms with Crippen LogP contribution in [0.15, 0.2) is 50.3 Å². The lowest BCUT2D eigenvalue weighted by molar-refractivity contribution is 0.435. The van der Waals surface area contributed by atoms with Gasteiger partial charge in [-0.05, 0) is 24.6 Å². The van der Waals surface area contributed by atoms with Crippen molar-refractivity contribution in [3.8, 4) is 22.5 Å². The maximum Gasteiger partial charge on any atom is 0.192 e. The molecule has 3 aromatic rings. The molecule has 21 heavy (non-hydrogen) atoms. The van der Waals surface area contributed by atoms with E-state index in [4.69, 9.17) is 10.3 Å². The minimum Gasteiger partial charge on any atom is -0.380 e. The van der Waals surface area contributed by atoms with Crippen LogP contribution in [-0.4, -0.2) is 10.1 Å². The molecule has 5 nitrogen and oxygen atoms in total. The predicted octanol–water partition coefficient (Wildman–Crippen LogP) is 3.35. The SMILES string of the molecule is Cc1cc(=O)c(-c2onc(N)c2-c2cccc(Br)c2)c[nH]1. The fourth-order valence-electron chi connectivity index (χ4n) is 2.16. The topological polar surface area (TPSA) is 84.9 Å². The third kappa shape index (κ3) is 2.50. The van der Waals surface area contributed by atoms with Crippen molar-refractivity contribution in [1.29, 1.82) is 0 Å². The van der Waals surface area contributed by atoms with Crippen molar-refractivity contribution in [3.63, 3.8) is 0 Å². The minimum absolute atomic E-state index is 0.140. The summed E-state index contributed by atoms with van der Waals surface area (Å²) in [6, 6.07) is 9.09. The van der Waals surface area contributed by atoms with Gasteiger partial charge in [-0.15, -0.1) is 0 Å². The number of nitrogens with one attached hydrogen (secondary N) is 1. The lowest BCUT2D eigenvalue weighted by Crippen LogP contribution is -2.05. The molecule has 0 spiro atoms. The fourth-order valence-corrected chi connectivity index (χ4v) is 2.56. The fraction of sp³-hybridized carbons (Fsp3) is 0.0667. The quantitative estimate of drug-likeness (QED) is 0.745. The predicted molar refractivity (Wildman–Crippen MR) is 84.8 cm³/mol. The first kappa shape index (κ1) is 13.6. The van der Waals surface area contributed by atoms with Crippen molar-refractivity contribution >= 4 is 21.7 Å². The van der Waals surface area contributed by atoms with Gasteiger partial charge in [-0.3, -0.25) is 4.79 Å². The number of nitrogens with two attached hydrogens (primary N) is 1. The van der Waals surface area contributed by atoms with Crippen molar-refractivity contribution in [2.24, 2.45) is 0 Å². The van der Waals surface area contributed by atoms with E-state index in [1.165, 1.54) is 6.07 Å². The number of nitrogens with zero attached hydrogens (tertiary/aromatic N) is 1. The van der Waals surface area contributed by atoms with Gasteiger partial charge in [0, 0.05) is 22.4 Å². The second-order valence-electron chi connectivity index (χ2n) is 4.68. The molecule has 3 N–H and O–H groups in total. The lowest BCUT2D eigenvalue weighted by atomic mass is 10.0. The molecule has 0 amide bonds. The number of halogens is 1. The summed E-state index contributed by atoms with van der Waals surface area (Å²) >= 11 is 3.42. The Kier molecular flexibility index (Phi) is 3.39. The monoisotopic (exact) mass is 345 g/mol. The minimum atomic E-state index is -0.140. The van der Waals surface area contributed by atoms with E-state index in [0.717, 1.165) is 15.7 Å². The molecule has 0 saturated heterocycles. The van der Waals surface area contributed by atoms with Crippen LogP contribution in [-0.2, 0) is 0 Å². The number of hydrogen-bond donors (Lipinski definition) is 2. The number of aromatic nitrogens is 2. The molecule has 1 aromatic carbocycles. The van der Waals surface area contributed by atoms with Crippen molar-refractivity contribution in [1.82, 2.24) is 10.1 Å². The number of anilines is 1. The van der Waals surface area contributed by atoms with Crippen LogP contribution in [0.3, 0.4) is 0 Å². The molecule has 0 unspecified atom stereocenters. The molecule has 0 saturated carbocycles. The summed E-state index contributed by atoms with van der Waals surface area (Å²) in [5, 5.41) is 3.80. The number of nitrogen functional groups attached to an aromatic ring is 1. The van der Waals surface area contributed by atoms with E-state index >= 15 is 0 Å². The Labute approximate surface area is 128 Å². The Morgan fingerprint density at radius 2 is 2.14 bits per heavy atom. The zero-order valence-electron chi connectivity index (χ0n) is 11.2. The molecule has 0 fully saturated rings. The van der Waals surface area contributed by atoms with Crippen LogP contribution in [0.25, 0.3) is 22.5 Å². The van der Waals surface area contributed by atoms with Crippen LogP contribution in [0, 0.1) is 6.92 Å². The summed E-state index contributed by atoms with van der Waals surface area (Å²) in [6.07, 6.45) is 1.61. The third-order valence-corrected chi connectivity index (χ3v) is 3.63. The molecule has 0 aliphatic rings. The Bertz CT molecular complexity index is 867. The highest BCUT2D eigenvalue weighted by Crippen LogP contribution is 2.36. The van der Waals surface area contributed by atoms with Gasteiger partial charge >= 0.3 is 0 Å². The molecule has 6 heteroatoms. The van der Waals surface area contributed by atoms with E-state index in [1.54, 1.807) is 6.20 Å². The summed E-state index contributed by atoms with van der Waals surface area (Å²) in [5.41, 5.74) is 8.40. The van der Waals surface area contributed by atoms with Gasteiger partial charge in [-0.2, -0.15) is 0 Å². The van der Waals surface area contributed by atoms with Crippen molar-refractivity contribution in [3.05, 3.63) is 56.9 Å². The number of rotatable bonds is 2. The average Bonchev–Trinajstić information content (AvgIpc) is 2.80. The van der Waals surface area contributed by atoms with Gasteiger partial charge in [-0.1, -0.05) is 33.2 Å². The number of aryl methyl sites for hydroxylation is 1. The van der Waals surface area contributed by atoms with E-state index in [-0.39, 0.29) is 11.2 Å². The van der Waals surface area contributed by atoms with Crippen LogP contribution >= 0.6 is 15.9 Å². The maximum atomic E-state index is 12.1. The Morgan fingerprint density at radius 1 is 1.33 bits per heavy atom. The summed E-state index contributed by atoms with van der Waals surface area (Å²) in [6.45, 7) is 1.81. The van der Waals surface area contributed by atoms with Crippen LogP contribution in [0.5, 0.6) is 0 Å². The molecule has 3 rings (SSSR count). The van der Waals surface area contributed by atoms with E-state index in [2.05, 4.69) is 26.1 Å². The van der Waals surface area contributed by atoms with Crippen LogP contribution in [0.1, 0.15) is 5.69 Å². The van der Waals surface area contributed by atoms with Crippen LogP contribution in [0.2, 0.25) is 0 Å². The molecule has 106 valence electrons. The second-order valence-corrected chi connectivity index (χ2v) is 5.59. The van der Waals surface area contributed by atoms with E-state index < -0.39 is 0 Å². The smallest absolute Gasteiger partial charge is 0.192 e. The molecular formula is C15H12BrN3O2. The first-order chi connectivity index (χ1) is 10.1. The molecule has 0 radical (unpaired) electrons. The molecule has 2 heterocycles. The van der Waals surface area contributed by atoms with Gasteiger partial charge in [0.05, 0.1) is 11.1 Å². The van der Waals surface area contributed by atoms with Gasteiger partial charge in [0.15, 0.2) is 17.0 Å². The summed E-state index contributed by atoms with van der Waals surface area (Å²) in [7, 11) is 0. The molecule has 0 atom stereocenters. The number of benzene rings is 1. The highest BCUT2D eigenvalue weighted by Gasteiger charge is 2.20. The summed E-state index contributed by atoms with van der Waals surface area (Å²) < 4.78 is 6.19. The summed E-state index contributed by atoms with van der Waals surface area (Å²) in [5.74, 6) is 0.620. The first-order valence-corrected chi connectivity index (χ1v) is 7.06. The largest absolute Gasteiger partial charge is 0.380 e. The van der Waals surface area contributed by atoms with E-state index in [9.17, 15) is 4.79 Å². The van der Waals surface area contributed by atoms with Crippen molar-refractivity contribution < 1.29 is 4.52 Å². The standard InChI is InChI=1S/C15H12BrN3O2/c1-8-5-12(20)11(7-18-8)14-13(15(17)19-21-14)9-3-2-4-10(16)6-9/h2-7H,1H3,(H2,17,19)(H,18,20). The molecular weight excluding hydrogens is 334 g/mol. The first-order valence-electron chi connectivity index (χ1n) is 6.27. The average molecular weight is 346 g/mol. The number of pyridine rings is 1. The van der Waals surface area contributed by atoms with Gasteiger partial charge < -0.3 is 15.2 Å². The zero-order valence-corrected chi connectivity index (χ0v) is 12.8. The number of hydrogen-bond acceptors (Lipinski definition) is 4. The van der Waals surface area contributed by atoms with Gasteiger partial charge in [0.25, 0.3) is 0 Å². The normalized spacial score (nSPS) is 10.8. The van der Waals surface area contributed by atoms with Gasteiger partial charge in [0.2, 0.25) is 0 Å². The van der Waals surface area contributed by atoms with E-state index in [0.29, 0.717) is 16.9 Å². The zero-order chi connectivity index (χ0) is 15.0. The number of aromatic amines is 1. The van der Waals surface area contributed by atoms with Crippen LogP contribution < -0.4 is 11.2 Å². The van der Waals surface area contributed by atoms with E-state index in [1.807, 2.05) is 31.2 Å². The van der Waals surface area contributed by atoms with Crippen molar-refractivity contribution in [2.45, 2.75) is 6.92 Å². The van der Waals surface area contributed by atoms with Crippen molar-refractivity contribution in [2.75, 3.05) is 5.73 Å². The van der Waals surface area contributed by atoms with Gasteiger partial charge in [-0.25, -0.2) is 0 Å². The highest BCUT2D eigenvalue weighted by molar-refractivity contribution is 9.10. The summed E-state index contributed by atoms with van der Waals surface area (Å²) in [4.78, 5) is 15.1. The van der Waals surface area contributed by atoms with Crippen LogP contribution in [0.4, 0.5) is 5.82 Å².